The number of hydrogen-bond donors (Lipinski definition) is 2. The zero-order valence-electron chi connectivity index (χ0n) is 14.5. The van der Waals surface area contributed by atoms with Gasteiger partial charge in [-0.25, -0.2) is 5.43 Å². The van der Waals surface area contributed by atoms with Gasteiger partial charge in [-0.1, -0.05) is 23.7 Å². The Morgan fingerprint density at radius 1 is 1.19 bits per heavy atom. The van der Waals surface area contributed by atoms with Crippen LogP contribution in [0.25, 0.3) is 0 Å². The van der Waals surface area contributed by atoms with E-state index in [0.717, 1.165) is 21.7 Å². The predicted molar refractivity (Wildman–Crippen MR) is 107 cm³/mol. The van der Waals surface area contributed by atoms with Crippen molar-refractivity contribution in [1.82, 2.24) is 5.43 Å². The lowest BCUT2D eigenvalue weighted by Gasteiger charge is -2.19. The van der Waals surface area contributed by atoms with Gasteiger partial charge in [0.25, 0.3) is 0 Å². The van der Waals surface area contributed by atoms with E-state index in [1.54, 1.807) is 29.2 Å². The highest BCUT2D eigenvalue weighted by atomic mass is 35.5. The average Bonchev–Trinajstić information content (AvgIpc) is 3.00. The third kappa shape index (κ3) is 2.93. The predicted octanol–water partition coefficient (Wildman–Crippen LogP) is 4.53. The number of ether oxygens (including phenoxy) is 1. The van der Waals surface area contributed by atoms with Crippen molar-refractivity contribution in [2.45, 2.75) is 18.7 Å². The molecule has 6 nitrogen and oxygen atoms in total. The summed E-state index contributed by atoms with van der Waals surface area (Å²) >= 11 is 7.36. The van der Waals surface area contributed by atoms with Crippen molar-refractivity contribution >= 4 is 40.1 Å². The van der Waals surface area contributed by atoms with Crippen molar-refractivity contribution in [1.29, 1.82) is 10.7 Å². The third-order valence-corrected chi connectivity index (χ3v) is 5.65. The van der Waals surface area contributed by atoms with Crippen LogP contribution >= 0.6 is 23.4 Å². The summed E-state index contributed by atoms with van der Waals surface area (Å²) in [7, 11) is 0. The molecule has 8 heteroatoms. The van der Waals surface area contributed by atoms with Crippen LogP contribution in [-0.2, 0) is 0 Å². The van der Waals surface area contributed by atoms with E-state index in [4.69, 9.17) is 21.7 Å². The highest BCUT2D eigenvalue weighted by molar-refractivity contribution is 8.15. The molecule has 0 unspecified atom stereocenters. The molecule has 27 heavy (non-hydrogen) atoms. The van der Waals surface area contributed by atoms with E-state index in [9.17, 15) is 5.26 Å². The summed E-state index contributed by atoms with van der Waals surface area (Å²) in [5, 5.41) is 23.9. The zero-order chi connectivity index (χ0) is 19.1. The van der Waals surface area contributed by atoms with E-state index in [-0.39, 0.29) is 17.3 Å². The van der Waals surface area contributed by atoms with Crippen LogP contribution in [0.2, 0.25) is 5.02 Å². The number of anilines is 1. The maximum absolute atomic E-state index is 9.70. The number of nitriles is 1. The van der Waals surface area contributed by atoms with Crippen molar-refractivity contribution in [3.63, 3.8) is 0 Å². The molecule has 0 bridgehead atoms. The van der Waals surface area contributed by atoms with Crippen LogP contribution in [0.15, 0.2) is 57.9 Å². The molecule has 4 rings (SSSR count). The Kier molecular flexibility index (Phi) is 4.30. The molecule has 0 aromatic heterocycles. The van der Waals surface area contributed by atoms with Gasteiger partial charge in [0.1, 0.15) is 11.8 Å². The van der Waals surface area contributed by atoms with Gasteiger partial charge in [0.15, 0.2) is 16.6 Å². The number of thioether (sulfide) groups is 1. The van der Waals surface area contributed by atoms with Gasteiger partial charge >= 0.3 is 0 Å². The molecule has 0 atom stereocenters. The molecule has 2 aromatic carbocycles. The van der Waals surface area contributed by atoms with Gasteiger partial charge in [-0.2, -0.15) is 5.26 Å². The molecular weight excluding hydrogens is 382 g/mol. The normalized spacial score (nSPS) is 15.4. The van der Waals surface area contributed by atoms with Crippen LogP contribution in [0.4, 0.5) is 5.69 Å². The van der Waals surface area contributed by atoms with Crippen molar-refractivity contribution in [3.05, 3.63) is 64.0 Å². The lowest BCUT2D eigenvalue weighted by atomic mass is 10.1. The summed E-state index contributed by atoms with van der Waals surface area (Å²) in [4.78, 5) is 2.73. The Bertz CT molecular complexity index is 1070. The minimum Gasteiger partial charge on any atom is -0.438 e. The van der Waals surface area contributed by atoms with Gasteiger partial charge in [-0.15, -0.1) is 5.10 Å². The SMILES string of the molecule is Cc1ccc(C)c2c1SC1=NNC(Oc3ccc(Cl)cc3)=C(C#N)C(=N)N12. The number of rotatable bonds is 2. The summed E-state index contributed by atoms with van der Waals surface area (Å²) in [5.74, 6) is 0.620. The maximum Gasteiger partial charge on any atom is 0.235 e. The van der Waals surface area contributed by atoms with Gasteiger partial charge < -0.3 is 4.74 Å². The summed E-state index contributed by atoms with van der Waals surface area (Å²) in [6.07, 6.45) is 0. The molecular formula is C19H14ClN5OS. The lowest BCUT2D eigenvalue weighted by molar-refractivity contribution is 0.383. The summed E-state index contributed by atoms with van der Waals surface area (Å²) < 4.78 is 5.77. The first-order valence-corrected chi connectivity index (χ1v) is 9.27. The number of halogens is 1. The maximum atomic E-state index is 9.70. The van der Waals surface area contributed by atoms with E-state index >= 15 is 0 Å². The fraction of sp³-hybridized carbons (Fsp3) is 0.105. The monoisotopic (exact) mass is 395 g/mol. The van der Waals surface area contributed by atoms with Crippen LogP contribution < -0.4 is 15.1 Å². The van der Waals surface area contributed by atoms with Gasteiger partial charge in [0.05, 0.1) is 5.69 Å². The largest absolute Gasteiger partial charge is 0.438 e. The van der Waals surface area contributed by atoms with E-state index in [1.807, 2.05) is 26.0 Å². The minimum absolute atomic E-state index is 0.0187. The Morgan fingerprint density at radius 2 is 1.89 bits per heavy atom. The summed E-state index contributed by atoms with van der Waals surface area (Å²) in [6, 6.07) is 12.9. The zero-order valence-corrected chi connectivity index (χ0v) is 16.1. The van der Waals surface area contributed by atoms with Crippen molar-refractivity contribution in [3.8, 4) is 11.8 Å². The first-order valence-electron chi connectivity index (χ1n) is 8.08. The first kappa shape index (κ1) is 17.5. The highest BCUT2D eigenvalue weighted by Crippen LogP contribution is 2.45. The Morgan fingerprint density at radius 3 is 2.59 bits per heavy atom. The van der Waals surface area contributed by atoms with Gasteiger partial charge in [0, 0.05) is 9.92 Å². The number of hydrazone groups is 1. The number of fused-ring (bicyclic) bond motifs is 3. The first-order chi connectivity index (χ1) is 13.0. The van der Waals surface area contributed by atoms with Crippen molar-refractivity contribution in [2.24, 2.45) is 5.10 Å². The molecule has 0 spiro atoms. The Balaban J connectivity index is 1.78. The minimum atomic E-state index is 0.0187. The number of hydrogen-bond acceptors (Lipinski definition) is 6. The van der Waals surface area contributed by atoms with Crippen molar-refractivity contribution in [2.75, 3.05) is 4.90 Å². The summed E-state index contributed by atoms with van der Waals surface area (Å²) in [5.41, 5.74) is 5.87. The average molecular weight is 396 g/mol. The second kappa shape index (κ2) is 6.65. The van der Waals surface area contributed by atoms with Crippen LogP contribution in [0.1, 0.15) is 11.1 Å². The number of aryl methyl sites for hydroxylation is 2. The smallest absolute Gasteiger partial charge is 0.235 e. The van der Waals surface area contributed by atoms with Gasteiger partial charge in [0.2, 0.25) is 5.88 Å². The van der Waals surface area contributed by atoms with Gasteiger partial charge in [-0.3, -0.25) is 10.3 Å². The Labute approximate surface area is 165 Å². The quantitative estimate of drug-likeness (QED) is 0.780. The third-order valence-electron chi connectivity index (χ3n) is 4.22. The van der Waals surface area contributed by atoms with Crippen LogP contribution in [-0.4, -0.2) is 11.0 Å². The molecule has 2 heterocycles. The fourth-order valence-corrected chi connectivity index (χ4v) is 4.11. The molecule has 134 valence electrons. The molecule has 0 amide bonds. The van der Waals surface area contributed by atoms with Crippen LogP contribution in [0.3, 0.4) is 0 Å². The summed E-state index contributed by atoms with van der Waals surface area (Å²) in [6.45, 7) is 4.00. The Hall–Kier alpha value is -2.95. The van der Waals surface area contributed by atoms with E-state index in [1.165, 1.54) is 11.8 Å². The fourth-order valence-electron chi connectivity index (χ4n) is 2.86. The molecule has 0 saturated carbocycles. The topological polar surface area (TPSA) is 84.5 Å². The lowest BCUT2D eigenvalue weighted by Crippen LogP contribution is -2.32. The molecule has 2 N–H and O–H groups in total. The molecule has 2 aliphatic heterocycles. The molecule has 0 radical (unpaired) electrons. The number of amidine groups is 2. The van der Waals surface area contributed by atoms with Crippen molar-refractivity contribution < 1.29 is 4.74 Å². The molecule has 2 aliphatic rings. The molecule has 0 aliphatic carbocycles. The highest BCUT2D eigenvalue weighted by Gasteiger charge is 2.37. The van der Waals surface area contributed by atoms with Crippen LogP contribution in [0.5, 0.6) is 5.75 Å². The second-order valence-corrected chi connectivity index (χ2v) is 7.46. The van der Waals surface area contributed by atoms with Gasteiger partial charge in [-0.05, 0) is 61.0 Å². The standard InChI is InChI=1S/C19H14ClN5OS/c1-10-3-4-11(2)16-15(10)25-17(22)14(9-21)18(23-24-19(25)27-16)26-13-7-5-12(20)6-8-13/h3-8,22-23H,1-2H3. The molecule has 0 fully saturated rings. The van der Waals surface area contributed by atoms with E-state index in [2.05, 4.69) is 16.6 Å². The number of nitrogens with zero attached hydrogens (tertiary/aromatic N) is 3. The van der Waals surface area contributed by atoms with E-state index < -0.39 is 0 Å². The van der Waals surface area contributed by atoms with E-state index in [0.29, 0.717) is 15.9 Å². The molecule has 2 aromatic rings. The van der Waals surface area contributed by atoms with Crippen LogP contribution in [0, 0.1) is 30.6 Å². The number of nitrogens with one attached hydrogen (secondary N) is 2. The number of benzene rings is 2. The second-order valence-electron chi connectivity index (χ2n) is 6.04. The molecule has 0 saturated heterocycles.